The second-order valence-corrected chi connectivity index (χ2v) is 5.92. The molecule has 3 nitrogen and oxygen atoms in total. The smallest absolute Gasteiger partial charge is 0.257 e. The van der Waals surface area contributed by atoms with Crippen LogP contribution in [-0.4, -0.2) is 17.6 Å². The Labute approximate surface area is 135 Å². The molecule has 0 spiro atoms. The molecular formula is C17H13F2NO2S. The van der Waals surface area contributed by atoms with E-state index in [0.29, 0.717) is 5.56 Å². The van der Waals surface area contributed by atoms with Gasteiger partial charge in [-0.2, -0.15) is 0 Å². The van der Waals surface area contributed by atoms with Crippen molar-refractivity contribution in [2.24, 2.45) is 0 Å². The first-order chi connectivity index (χ1) is 11.1. The fraction of sp³-hybridized carbons (Fsp3) is 0.118. The predicted molar refractivity (Wildman–Crippen MR) is 85.5 cm³/mol. The van der Waals surface area contributed by atoms with Crippen LogP contribution in [0, 0.1) is 11.6 Å². The zero-order chi connectivity index (χ0) is 16.4. The normalized spacial score (nSPS) is 12.3. The van der Waals surface area contributed by atoms with Gasteiger partial charge in [0, 0.05) is 16.8 Å². The molecule has 23 heavy (non-hydrogen) atoms. The number of thiophene rings is 1. The molecule has 1 amide bonds. The van der Waals surface area contributed by atoms with Crippen molar-refractivity contribution in [3.8, 4) is 0 Å². The van der Waals surface area contributed by atoms with E-state index in [1.807, 2.05) is 29.6 Å². The van der Waals surface area contributed by atoms with Gasteiger partial charge in [-0.25, -0.2) is 8.78 Å². The number of fused-ring (bicyclic) bond motifs is 1. The number of amides is 1. The molecule has 1 heterocycles. The Morgan fingerprint density at radius 2 is 1.83 bits per heavy atom. The summed E-state index contributed by atoms with van der Waals surface area (Å²) in [7, 11) is 0. The first-order valence-corrected chi connectivity index (χ1v) is 7.82. The molecule has 0 unspecified atom stereocenters. The van der Waals surface area contributed by atoms with Gasteiger partial charge in [0.15, 0.2) is 0 Å². The van der Waals surface area contributed by atoms with Gasteiger partial charge < -0.3 is 10.4 Å². The van der Waals surface area contributed by atoms with Crippen LogP contribution in [0.2, 0.25) is 0 Å². The quantitative estimate of drug-likeness (QED) is 0.766. The van der Waals surface area contributed by atoms with Crippen LogP contribution in [0.1, 0.15) is 22.0 Å². The number of carbonyl (C=O) groups excluding carboxylic acids is 1. The Balaban J connectivity index is 1.74. The minimum atomic E-state index is -0.954. The van der Waals surface area contributed by atoms with Crippen LogP contribution in [-0.2, 0) is 0 Å². The average molecular weight is 333 g/mol. The standard InChI is InChI=1S/C17H13F2NO2S/c18-12-5-3-6-13(19)16(12)17(22)20-8-14(21)11-9-23-15-7-2-1-4-10(11)15/h1-7,9,14,21H,8H2,(H,20,22)/t14-/m1/s1. The second kappa shape index (κ2) is 6.44. The van der Waals surface area contributed by atoms with E-state index in [2.05, 4.69) is 5.32 Å². The highest BCUT2D eigenvalue weighted by Crippen LogP contribution is 2.29. The Morgan fingerprint density at radius 1 is 1.13 bits per heavy atom. The summed E-state index contributed by atoms with van der Waals surface area (Å²) >= 11 is 1.49. The lowest BCUT2D eigenvalue weighted by Crippen LogP contribution is -2.29. The number of nitrogens with one attached hydrogen (secondary N) is 1. The average Bonchev–Trinajstić information content (AvgIpc) is 2.96. The Bertz CT molecular complexity index is 842. The molecule has 1 atom stereocenters. The molecule has 0 radical (unpaired) electrons. The van der Waals surface area contributed by atoms with E-state index >= 15 is 0 Å². The lowest BCUT2D eigenvalue weighted by molar-refractivity contribution is 0.0908. The van der Waals surface area contributed by atoms with Crippen LogP contribution in [0.3, 0.4) is 0 Å². The molecule has 2 aromatic carbocycles. The van der Waals surface area contributed by atoms with Crippen molar-refractivity contribution in [2.45, 2.75) is 6.10 Å². The van der Waals surface area contributed by atoms with Crippen LogP contribution >= 0.6 is 11.3 Å². The van der Waals surface area contributed by atoms with Crippen molar-refractivity contribution in [1.82, 2.24) is 5.32 Å². The monoisotopic (exact) mass is 333 g/mol. The Hall–Kier alpha value is -2.31. The highest BCUT2D eigenvalue weighted by Gasteiger charge is 2.19. The number of aliphatic hydroxyl groups is 1. The third kappa shape index (κ3) is 3.09. The molecular weight excluding hydrogens is 320 g/mol. The maximum absolute atomic E-state index is 13.5. The number of hydrogen-bond acceptors (Lipinski definition) is 3. The summed E-state index contributed by atoms with van der Waals surface area (Å²) in [5.41, 5.74) is 0.0368. The van der Waals surface area contributed by atoms with Crippen LogP contribution < -0.4 is 5.32 Å². The van der Waals surface area contributed by atoms with E-state index in [1.165, 1.54) is 17.4 Å². The van der Waals surface area contributed by atoms with Gasteiger partial charge >= 0.3 is 0 Å². The first kappa shape index (κ1) is 15.6. The molecule has 2 N–H and O–H groups in total. The first-order valence-electron chi connectivity index (χ1n) is 6.94. The highest BCUT2D eigenvalue weighted by atomic mass is 32.1. The van der Waals surface area contributed by atoms with E-state index in [1.54, 1.807) is 0 Å². The lowest BCUT2D eigenvalue weighted by atomic mass is 10.1. The SMILES string of the molecule is O=C(NC[C@@H](O)c1csc2ccccc12)c1c(F)cccc1F. The third-order valence-electron chi connectivity index (χ3n) is 3.52. The molecule has 6 heteroatoms. The molecule has 0 bridgehead atoms. The summed E-state index contributed by atoms with van der Waals surface area (Å²) < 4.78 is 28.1. The van der Waals surface area contributed by atoms with Gasteiger partial charge in [-0.15, -0.1) is 11.3 Å². The maximum Gasteiger partial charge on any atom is 0.257 e. The van der Waals surface area contributed by atoms with Crippen molar-refractivity contribution in [1.29, 1.82) is 0 Å². The highest BCUT2D eigenvalue weighted by molar-refractivity contribution is 7.17. The minimum Gasteiger partial charge on any atom is -0.387 e. The maximum atomic E-state index is 13.5. The minimum absolute atomic E-state index is 0.132. The fourth-order valence-electron chi connectivity index (χ4n) is 2.36. The van der Waals surface area contributed by atoms with Crippen molar-refractivity contribution in [2.75, 3.05) is 6.54 Å². The third-order valence-corrected chi connectivity index (χ3v) is 4.50. The Morgan fingerprint density at radius 3 is 2.57 bits per heavy atom. The molecule has 0 aliphatic heterocycles. The molecule has 0 saturated carbocycles. The summed E-state index contributed by atoms with van der Waals surface area (Å²) in [6.07, 6.45) is -0.954. The van der Waals surface area contributed by atoms with Crippen molar-refractivity contribution in [3.63, 3.8) is 0 Å². The van der Waals surface area contributed by atoms with E-state index in [0.717, 1.165) is 22.2 Å². The van der Waals surface area contributed by atoms with Gasteiger partial charge in [-0.3, -0.25) is 4.79 Å². The number of aliphatic hydroxyl groups excluding tert-OH is 1. The molecule has 0 saturated heterocycles. The number of halogens is 2. The van der Waals surface area contributed by atoms with E-state index in [-0.39, 0.29) is 6.54 Å². The fourth-order valence-corrected chi connectivity index (χ4v) is 3.37. The molecule has 3 rings (SSSR count). The number of hydrogen-bond donors (Lipinski definition) is 2. The van der Waals surface area contributed by atoms with Crippen LogP contribution in [0.4, 0.5) is 8.78 Å². The van der Waals surface area contributed by atoms with Gasteiger partial charge in [0.05, 0.1) is 6.10 Å². The van der Waals surface area contributed by atoms with E-state index < -0.39 is 29.2 Å². The summed E-state index contributed by atoms with van der Waals surface area (Å²) in [5, 5.41) is 15.3. The van der Waals surface area contributed by atoms with Crippen molar-refractivity contribution in [3.05, 3.63) is 70.6 Å². The topological polar surface area (TPSA) is 49.3 Å². The van der Waals surface area contributed by atoms with Crippen molar-refractivity contribution >= 4 is 27.3 Å². The number of rotatable bonds is 4. The zero-order valence-electron chi connectivity index (χ0n) is 11.9. The van der Waals surface area contributed by atoms with Gasteiger partial charge in [-0.1, -0.05) is 24.3 Å². The van der Waals surface area contributed by atoms with Gasteiger partial charge in [0.25, 0.3) is 5.91 Å². The van der Waals surface area contributed by atoms with Crippen LogP contribution in [0.5, 0.6) is 0 Å². The van der Waals surface area contributed by atoms with Crippen LogP contribution in [0.15, 0.2) is 47.8 Å². The predicted octanol–water partition coefficient (Wildman–Crippen LogP) is 3.64. The molecule has 118 valence electrons. The molecule has 1 aromatic heterocycles. The van der Waals surface area contributed by atoms with Crippen LogP contribution in [0.25, 0.3) is 10.1 Å². The summed E-state index contributed by atoms with van der Waals surface area (Å²) in [6, 6.07) is 10.8. The van der Waals surface area contributed by atoms with Gasteiger partial charge in [0.1, 0.15) is 17.2 Å². The van der Waals surface area contributed by atoms with Crippen molar-refractivity contribution < 1.29 is 18.7 Å². The largest absolute Gasteiger partial charge is 0.387 e. The lowest BCUT2D eigenvalue weighted by Gasteiger charge is -2.12. The Kier molecular flexibility index (Phi) is 4.36. The molecule has 0 aliphatic rings. The second-order valence-electron chi connectivity index (χ2n) is 5.01. The van der Waals surface area contributed by atoms with Gasteiger partial charge in [-0.05, 0) is 29.0 Å². The summed E-state index contributed by atoms with van der Waals surface area (Å²) in [4.78, 5) is 11.9. The number of carbonyl (C=O) groups is 1. The summed E-state index contributed by atoms with van der Waals surface area (Å²) in [6.45, 7) is -0.132. The molecule has 0 aliphatic carbocycles. The van der Waals surface area contributed by atoms with E-state index in [4.69, 9.17) is 0 Å². The molecule has 3 aromatic rings. The number of benzene rings is 2. The van der Waals surface area contributed by atoms with Gasteiger partial charge in [0.2, 0.25) is 0 Å². The zero-order valence-corrected chi connectivity index (χ0v) is 12.7. The summed E-state index contributed by atoms with van der Waals surface area (Å²) in [5.74, 6) is -2.75. The van der Waals surface area contributed by atoms with E-state index in [9.17, 15) is 18.7 Å². The molecule has 0 fully saturated rings.